The van der Waals surface area contributed by atoms with Crippen molar-refractivity contribution in [2.24, 2.45) is 5.92 Å². The molecular weight excluding hydrogens is 308 g/mol. The highest BCUT2D eigenvalue weighted by molar-refractivity contribution is 5.78. The molecule has 0 atom stereocenters. The number of hydrogen-bond acceptors (Lipinski definition) is 2. The van der Waals surface area contributed by atoms with Crippen LogP contribution in [0.2, 0.25) is 0 Å². The van der Waals surface area contributed by atoms with Gasteiger partial charge in [0.1, 0.15) is 0 Å². The van der Waals surface area contributed by atoms with E-state index in [0.29, 0.717) is 0 Å². The van der Waals surface area contributed by atoms with Crippen LogP contribution in [0.25, 0.3) is 0 Å². The Morgan fingerprint density at radius 2 is 1.68 bits per heavy atom. The molecular formula is C22H28N2O. The average molecular weight is 336 g/mol. The Morgan fingerprint density at radius 3 is 2.36 bits per heavy atom. The summed E-state index contributed by atoms with van der Waals surface area (Å²) in [5.41, 5.74) is 3.93. The molecule has 0 radical (unpaired) electrons. The zero-order valence-corrected chi connectivity index (χ0v) is 15.1. The summed E-state index contributed by atoms with van der Waals surface area (Å²) in [6.07, 6.45) is 2.82. The second-order valence-electron chi connectivity index (χ2n) is 7.06. The predicted octanol–water partition coefficient (Wildman–Crippen LogP) is 3.57. The van der Waals surface area contributed by atoms with Crippen molar-refractivity contribution in [2.75, 3.05) is 19.6 Å². The molecule has 3 rings (SSSR count). The first-order chi connectivity index (χ1) is 12.2. The number of nitrogens with zero attached hydrogens (tertiary/aromatic N) is 1. The normalized spacial score (nSPS) is 15.9. The number of hydrogen-bond donors (Lipinski definition) is 1. The molecule has 0 saturated carbocycles. The highest BCUT2D eigenvalue weighted by Gasteiger charge is 2.24. The molecule has 1 aliphatic rings. The van der Waals surface area contributed by atoms with E-state index < -0.39 is 0 Å². The minimum atomic E-state index is 0.171. The van der Waals surface area contributed by atoms with E-state index in [4.69, 9.17) is 0 Å². The Kier molecular flexibility index (Phi) is 6.24. The summed E-state index contributed by atoms with van der Waals surface area (Å²) >= 11 is 0. The molecule has 0 unspecified atom stereocenters. The third-order valence-electron chi connectivity index (χ3n) is 5.04. The number of carbonyl (C=O) groups is 1. The van der Waals surface area contributed by atoms with Crippen molar-refractivity contribution >= 4 is 5.91 Å². The number of nitrogens with one attached hydrogen (secondary N) is 1. The van der Waals surface area contributed by atoms with Crippen LogP contribution in [0.5, 0.6) is 0 Å². The number of carbonyl (C=O) groups excluding carboxylic acids is 1. The number of piperidine rings is 1. The molecule has 2 aromatic rings. The molecule has 1 fully saturated rings. The van der Waals surface area contributed by atoms with Gasteiger partial charge in [-0.1, -0.05) is 60.2 Å². The lowest BCUT2D eigenvalue weighted by atomic mass is 9.95. The van der Waals surface area contributed by atoms with Crippen molar-refractivity contribution in [3.8, 4) is 0 Å². The highest BCUT2D eigenvalue weighted by atomic mass is 16.1. The topological polar surface area (TPSA) is 32.3 Å². The van der Waals surface area contributed by atoms with Crippen molar-refractivity contribution in [2.45, 2.75) is 32.7 Å². The fourth-order valence-corrected chi connectivity index (χ4v) is 3.42. The van der Waals surface area contributed by atoms with Gasteiger partial charge < -0.3 is 5.32 Å². The quantitative estimate of drug-likeness (QED) is 0.875. The lowest BCUT2D eigenvalue weighted by molar-refractivity contribution is -0.126. The van der Waals surface area contributed by atoms with Gasteiger partial charge in [-0.05, 0) is 50.4 Å². The largest absolute Gasteiger partial charge is 0.356 e. The van der Waals surface area contributed by atoms with Crippen molar-refractivity contribution in [1.82, 2.24) is 10.2 Å². The van der Waals surface area contributed by atoms with Crippen LogP contribution in [-0.2, 0) is 17.8 Å². The van der Waals surface area contributed by atoms with Gasteiger partial charge in [0.15, 0.2) is 0 Å². The number of likely N-dealkylation sites (tertiary alicyclic amines) is 1. The Morgan fingerprint density at radius 1 is 1.00 bits per heavy atom. The standard InChI is InChI=1S/C22H28N2O/c1-18-7-9-20(10-8-18)17-24-15-12-21(13-16-24)22(25)23-14-11-19-5-3-2-4-6-19/h2-10,21H,11-17H2,1H3,(H,23,25). The summed E-state index contributed by atoms with van der Waals surface area (Å²) in [6, 6.07) is 19.1. The maximum atomic E-state index is 12.4. The second-order valence-corrected chi connectivity index (χ2v) is 7.06. The number of benzene rings is 2. The minimum Gasteiger partial charge on any atom is -0.356 e. The summed E-state index contributed by atoms with van der Waals surface area (Å²) in [5.74, 6) is 0.399. The van der Waals surface area contributed by atoms with E-state index in [-0.39, 0.29) is 11.8 Å². The lowest BCUT2D eigenvalue weighted by Gasteiger charge is -2.31. The molecule has 0 bridgehead atoms. The molecule has 1 amide bonds. The van der Waals surface area contributed by atoms with Crippen LogP contribution in [-0.4, -0.2) is 30.4 Å². The van der Waals surface area contributed by atoms with E-state index in [1.807, 2.05) is 18.2 Å². The lowest BCUT2D eigenvalue weighted by Crippen LogP contribution is -2.40. The summed E-state index contributed by atoms with van der Waals surface area (Å²) in [5, 5.41) is 3.11. The Labute approximate surface area is 151 Å². The van der Waals surface area contributed by atoms with Gasteiger partial charge in [-0.2, -0.15) is 0 Å². The molecule has 3 heteroatoms. The van der Waals surface area contributed by atoms with Crippen LogP contribution < -0.4 is 5.32 Å². The molecule has 1 heterocycles. The third kappa shape index (κ3) is 5.43. The van der Waals surface area contributed by atoms with E-state index in [0.717, 1.165) is 45.4 Å². The Balaban J connectivity index is 1.38. The zero-order valence-electron chi connectivity index (χ0n) is 15.1. The third-order valence-corrected chi connectivity index (χ3v) is 5.04. The van der Waals surface area contributed by atoms with Crippen LogP contribution in [0.4, 0.5) is 0 Å². The first kappa shape index (κ1) is 17.7. The molecule has 3 nitrogen and oxygen atoms in total. The molecule has 0 aliphatic carbocycles. The predicted molar refractivity (Wildman–Crippen MR) is 102 cm³/mol. The van der Waals surface area contributed by atoms with Crippen LogP contribution >= 0.6 is 0 Å². The fourth-order valence-electron chi connectivity index (χ4n) is 3.42. The molecule has 0 aromatic heterocycles. The molecule has 25 heavy (non-hydrogen) atoms. The summed E-state index contributed by atoms with van der Waals surface area (Å²) in [7, 11) is 0. The molecule has 132 valence electrons. The highest BCUT2D eigenvalue weighted by Crippen LogP contribution is 2.19. The Hall–Kier alpha value is -2.13. The van der Waals surface area contributed by atoms with Crippen molar-refractivity contribution in [3.63, 3.8) is 0 Å². The summed E-state index contributed by atoms with van der Waals surface area (Å²) in [4.78, 5) is 14.8. The van der Waals surface area contributed by atoms with E-state index in [2.05, 4.69) is 53.5 Å². The zero-order chi connectivity index (χ0) is 17.5. The summed E-state index contributed by atoms with van der Waals surface area (Å²) < 4.78 is 0. The van der Waals surface area contributed by atoms with Crippen LogP contribution in [0.3, 0.4) is 0 Å². The molecule has 1 N–H and O–H groups in total. The van der Waals surface area contributed by atoms with E-state index in [1.54, 1.807) is 0 Å². The van der Waals surface area contributed by atoms with E-state index >= 15 is 0 Å². The van der Waals surface area contributed by atoms with Gasteiger partial charge in [-0.3, -0.25) is 9.69 Å². The number of rotatable bonds is 6. The number of amides is 1. The van der Waals surface area contributed by atoms with Gasteiger partial charge in [0.05, 0.1) is 0 Å². The van der Waals surface area contributed by atoms with Gasteiger partial charge in [0, 0.05) is 19.0 Å². The van der Waals surface area contributed by atoms with Crippen molar-refractivity contribution < 1.29 is 4.79 Å². The smallest absolute Gasteiger partial charge is 0.223 e. The van der Waals surface area contributed by atoms with Gasteiger partial charge >= 0.3 is 0 Å². The maximum Gasteiger partial charge on any atom is 0.223 e. The fraction of sp³-hybridized carbons (Fsp3) is 0.409. The average Bonchev–Trinajstić information content (AvgIpc) is 2.65. The molecule has 0 spiro atoms. The second kappa shape index (κ2) is 8.82. The Bertz CT molecular complexity index is 658. The van der Waals surface area contributed by atoms with Crippen molar-refractivity contribution in [3.05, 3.63) is 71.3 Å². The number of aryl methyl sites for hydroxylation is 1. The van der Waals surface area contributed by atoms with Gasteiger partial charge in [-0.25, -0.2) is 0 Å². The monoisotopic (exact) mass is 336 g/mol. The first-order valence-corrected chi connectivity index (χ1v) is 9.30. The molecule has 1 aliphatic heterocycles. The van der Waals surface area contributed by atoms with E-state index in [1.165, 1.54) is 16.7 Å². The van der Waals surface area contributed by atoms with Crippen LogP contribution in [0.1, 0.15) is 29.5 Å². The minimum absolute atomic E-state index is 0.171. The van der Waals surface area contributed by atoms with E-state index in [9.17, 15) is 4.79 Å². The van der Waals surface area contributed by atoms with Crippen LogP contribution in [0.15, 0.2) is 54.6 Å². The van der Waals surface area contributed by atoms with Crippen LogP contribution in [0, 0.1) is 12.8 Å². The SMILES string of the molecule is Cc1ccc(CN2CCC(C(=O)NCCc3ccccc3)CC2)cc1. The summed E-state index contributed by atoms with van der Waals surface area (Å²) in [6.45, 7) is 5.84. The van der Waals surface area contributed by atoms with Gasteiger partial charge in [0.2, 0.25) is 5.91 Å². The molecule has 1 saturated heterocycles. The molecule has 2 aromatic carbocycles. The van der Waals surface area contributed by atoms with Crippen molar-refractivity contribution in [1.29, 1.82) is 0 Å². The first-order valence-electron chi connectivity index (χ1n) is 9.30. The maximum absolute atomic E-state index is 12.4. The van der Waals surface area contributed by atoms with Gasteiger partial charge in [-0.15, -0.1) is 0 Å². The van der Waals surface area contributed by atoms with Gasteiger partial charge in [0.25, 0.3) is 0 Å².